The fraction of sp³-hybridized carbons (Fsp3) is 1.00. The molecule has 0 heterocycles. The minimum absolute atomic E-state index is 0.844. The Morgan fingerprint density at radius 3 is 2.38 bits per heavy atom. The Bertz CT molecular complexity index is 76.2. The van der Waals surface area contributed by atoms with Crippen LogP contribution in [-0.2, 0) is 4.74 Å². The van der Waals surface area contributed by atoms with Crippen LogP contribution < -0.4 is 5.32 Å². The Balaban J connectivity index is 2.76. The highest BCUT2D eigenvalue weighted by molar-refractivity contribution is 4.48. The van der Waals surface area contributed by atoms with Gasteiger partial charge in [-0.3, -0.25) is 0 Å². The van der Waals surface area contributed by atoms with E-state index in [1.54, 1.807) is 0 Å². The van der Waals surface area contributed by atoms with E-state index in [0.717, 1.165) is 26.2 Å². The standard InChI is InChI=1S/C11H25NO/c1-3-5-6-7-9-12-10-8-11-13-4-2/h12H,3-11H2,1-2H3. The molecule has 0 aromatic carbocycles. The highest BCUT2D eigenvalue weighted by atomic mass is 16.5. The van der Waals surface area contributed by atoms with Gasteiger partial charge in [0.05, 0.1) is 0 Å². The Hall–Kier alpha value is -0.0800. The molecule has 0 radical (unpaired) electrons. The molecule has 0 saturated heterocycles. The maximum absolute atomic E-state index is 5.24. The van der Waals surface area contributed by atoms with Gasteiger partial charge in [-0.1, -0.05) is 26.2 Å². The Kier molecular flexibility index (Phi) is 11.8. The number of hydrogen-bond donors (Lipinski definition) is 1. The third-order valence-electron chi connectivity index (χ3n) is 2.05. The molecule has 13 heavy (non-hydrogen) atoms. The van der Waals surface area contributed by atoms with Crippen LogP contribution in [0.2, 0.25) is 0 Å². The van der Waals surface area contributed by atoms with Gasteiger partial charge in [0.2, 0.25) is 0 Å². The summed E-state index contributed by atoms with van der Waals surface area (Å²) in [5.41, 5.74) is 0. The Labute approximate surface area is 83.1 Å². The Morgan fingerprint density at radius 2 is 1.69 bits per heavy atom. The van der Waals surface area contributed by atoms with Gasteiger partial charge >= 0.3 is 0 Å². The van der Waals surface area contributed by atoms with E-state index in [9.17, 15) is 0 Å². The van der Waals surface area contributed by atoms with Gasteiger partial charge in [-0.15, -0.1) is 0 Å². The molecule has 0 aliphatic rings. The molecule has 1 N–H and O–H groups in total. The van der Waals surface area contributed by atoms with Crippen LogP contribution in [0.25, 0.3) is 0 Å². The minimum Gasteiger partial charge on any atom is -0.382 e. The lowest BCUT2D eigenvalue weighted by atomic mass is 10.2. The lowest BCUT2D eigenvalue weighted by molar-refractivity contribution is 0.145. The zero-order chi connectivity index (χ0) is 9.78. The second-order valence-electron chi connectivity index (χ2n) is 3.36. The van der Waals surface area contributed by atoms with Crippen molar-refractivity contribution in [3.05, 3.63) is 0 Å². The van der Waals surface area contributed by atoms with Crippen molar-refractivity contribution in [3.63, 3.8) is 0 Å². The molecule has 0 aromatic heterocycles. The normalized spacial score (nSPS) is 10.6. The van der Waals surface area contributed by atoms with Gasteiger partial charge in [-0.25, -0.2) is 0 Å². The van der Waals surface area contributed by atoms with Crippen LogP contribution in [0.15, 0.2) is 0 Å². The molecule has 0 bridgehead atoms. The lowest BCUT2D eigenvalue weighted by Crippen LogP contribution is -2.18. The first kappa shape index (κ1) is 12.9. The number of unbranched alkanes of at least 4 members (excludes halogenated alkanes) is 3. The van der Waals surface area contributed by atoms with Gasteiger partial charge in [0.1, 0.15) is 0 Å². The summed E-state index contributed by atoms with van der Waals surface area (Å²) in [6.45, 7) is 8.31. The molecule has 2 heteroatoms. The molecule has 0 rings (SSSR count). The Morgan fingerprint density at radius 1 is 0.923 bits per heavy atom. The van der Waals surface area contributed by atoms with Crippen molar-refractivity contribution in [1.82, 2.24) is 5.32 Å². The minimum atomic E-state index is 0.844. The molecule has 0 amide bonds. The summed E-state index contributed by atoms with van der Waals surface area (Å²) < 4.78 is 5.24. The molecule has 0 unspecified atom stereocenters. The second-order valence-corrected chi connectivity index (χ2v) is 3.36. The average molecular weight is 187 g/mol. The van der Waals surface area contributed by atoms with E-state index in [1.807, 2.05) is 6.92 Å². The highest BCUT2D eigenvalue weighted by Crippen LogP contribution is 1.96. The smallest absolute Gasteiger partial charge is 0.0477 e. The van der Waals surface area contributed by atoms with Crippen molar-refractivity contribution >= 4 is 0 Å². The number of rotatable bonds is 10. The summed E-state index contributed by atoms with van der Waals surface area (Å²) in [7, 11) is 0. The number of ether oxygens (including phenoxy) is 1. The summed E-state index contributed by atoms with van der Waals surface area (Å²) in [5.74, 6) is 0. The van der Waals surface area contributed by atoms with Crippen LogP contribution in [0, 0.1) is 0 Å². The van der Waals surface area contributed by atoms with E-state index in [1.165, 1.54) is 32.2 Å². The van der Waals surface area contributed by atoms with Crippen LogP contribution in [0.3, 0.4) is 0 Å². The monoisotopic (exact) mass is 187 g/mol. The molecular formula is C11H25NO. The summed E-state index contributed by atoms with van der Waals surface area (Å²) in [5, 5.41) is 3.42. The second kappa shape index (κ2) is 11.9. The number of hydrogen-bond acceptors (Lipinski definition) is 2. The van der Waals surface area contributed by atoms with E-state index in [-0.39, 0.29) is 0 Å². The van der Waals surface area contributed by atoms with Crippen LogP contribution in [-0.4, -0.2) is 26.3 Å². The predicted octanol–water partition coefficient (Wildman–Crippen LogP) is 2.58. The third-order valence-corrected chi connectivity index (χ3v) is 2.05. The molecule has 0 atom stereocenters. The summed E-state index contributed by atoms with van der Waals surface area (Å²) >= 11 is 0. The zero-order valence-electron chi connectivity index (χ0n) is 9.27. The van der Waals surface area contributed by atoms with Gasteiger partial charge in [-0.2, -0.15) is 0 Å². The highest BCUT2D eigenvalue weighted by Gasteiger charge is 1.89. The molecule has 0 saturated carbocycles. The van der Waals surface area contributed by atoms with Gasteiger partial charge < -0.3 is 10.1 Å². The first-order valence-electron chi connectivity index (χ1n) is 5.70. The van der Waals surface area contributed by atoms with Crippen molar-refractivity contribution in [2.75, 3.05) is 26.3 Å². The van der Waals surface area contributed by atoms with E-state index in [0.29, 0.717) is 0 Å². The summed E-state index contributed by atoms with van der Waals surface area (Å²) in [6, 6.07) is 0. The van der Waals surface area contributed by atoms with Crippen LogP contribution >= 0.6 is 0 Å². The molecule has 0 aliphatic heterocycles. The van der Waals surface area contributed by atoms with Gasteiger partial charge in [-0.05, 0) is 32.9 Å². The van der Waals surface area contributed by atoms with E-state index in [2.05, 4.69) is 12.2 Å². The average Bonchev–Trinajstić information content (AvgIpc) is 2.16. The molecular weight excluding hydrogens is 162 g/mol. The fourth-order valence-electron chi connectivity index (χ4n) is 1.25. The maximum atomic E-state index is 5.24. The van der Waals surface area contributed by atoms with Crippen LogP contribution in [0.4, 0.5) is 0 Å². The van der Waals surface area contributed by atoms with Crippen molar-refractivity contribution in [2.24, 2.45) is 0 Å². The summed E-state index contributed by atoms with van der Waals surface area (Å²) in [6.07, 6.45) is 6.53. The van der Waals surface area contributed by atoms with Crippen molar-refractivity contribution in [2.45, 2.75) is 46.0 Å². The van der Waals surface area contributed by atoms with Crippen LogP contribution in [0.1, 0.15) is 46.0 Å². The van der Waals surface area contributed by atoms with Gasteiger partial charge in [0.15, 0.2) is 0 Å². The van der Waals surface area contributed by atoms with E-state index < -0.39 is 0 Å². The van der Waals surface area contributed by atoms with E-state index >= 15 is 0 Å². The topological polar surface area (TPSA) is 21.3 Å². The van der Waals surface area contributed by atoms with Gasteiger partial charge in [0.25, 0.3) is 0 Å². The first-order valence-corrected chi connectivity index (χ1v) is 5.70. The molecule has 0 spiro atoms. The summed E-state index contributed by atoms with van der Waals surface area (Å²) in [4.78, 5) is 0. The first-order chi connectivity index (χ1) is 6.41. The SMILES string of the molecule is CCCCCCNCCCOCC. The molecule has 80 valence electrons. The quantitative estimate of drug-likeness (QED) is 0.531. The predicted molar refractivity (Wildman–Crippen MR) is 58.1 cm³/mol. The van der Waals surface area contributed by atoms with Crippen molar-refractivity contribution in [3.8, 4) is 0 Å². The largest absolute Gasteiger partial charge is 0.382 e. The van der Waals surface area contributed by atoms with E-state index in [4.69, 9.17) is 4.74 Å². The molecule has 0 fully saturated rings. The molecule has 0 aliphatic carbocycles. The molecule has 0 aromatic rings. The van der Waals surface area contributed by atoms with Crippen molar-refractivity contribution in [1.29, 1.82) is 0 Å². The fourth-order valence-corrected chi connectivity index (χ4v) is 1.25. The van der Waals surface area contributed by atoms with Gasteiger partial charge in [0, 0.05) is 13.2 Å². The van der Waals surface area contributed by atoms with Crippen molar-refractivity contribution < 1.29 is 4.74 Å². The zero-order valence-corrected chi connectivity index (χ0v) is 9.27. The lowest BCUT2D eigenvalue weighted by Gasteiger charge is -2.04. The maximum Gasteiger partial charge on any atom is 0.0477 e. The number of nitrogens with one attached hydrogen (secondary N) is 1. The molecule has 2 nitrogen and oxygen atoms in total. The van der Waals surface area contributed by atoms with Crippen LogP contribution in [0.5, 0.6) is 0 Å². The third kappa shape index (κ3) is 11.9.